The molecule has 128 valence electrons. The van der Waals surface area contributed by atoms with Crippen molar-refractivity contribution in [3.63, 3.8) is 0 Å². The molecule has 12 heteroatoms. The molecular weight excluding hydrogens is 387 g/mol. The fourth-order valence-corrected chi connectivity index (χ4v) is 3.86. The maximum absolute atomic E-state index is 14.0. The van der Waals surface area contributed by atoms with Crippen molar-refractivity contribution in [2.45, 2.75) is 12.3 Å². The Morgan fingerprint density at radius 2 is 1.48 bits per heavy atom. The summed E-state index contributed by atoms with van der Waals surface area (Å²) in [5.41, 5.74) is 0. The Balaban J connectivity index is 3.22. The highest BCUT2D eigenvalue weighted by atomic mass is 32.2. The highest BCUT2D eigenvalue weighted by molar-refractivity contribution is 8.29. The van der Waals surface area contributed by atoms with E-state index in [1.807, 2.05) is 0 Å². The van der Waals surface area contributed by atoms with Crippen molar-refractivity contribution in [2.24, 2.45) is 0 Å². The maximum atomic E-state index is 14.0. The second kappa shape index (κ2) is 7.62. The van der Waals surface area contributed by atoms with Crippen LogP contribution in [0.25, 0.3) is 0 Å². The number of halogens is 5. The summed E-state index contributed by atoms with van der Waals surface area (Å²) in [6.45, 7) is 0. The molecule has 0 radical (unpaired) electrons. The summed E-state index contributed by atoms with van der Waals surface area (Å²) in [4.78, 5) is 20.3. The number of allylic oxidation sites excluding steroid dienone is 1. The monoisotopic (exact) mass is 394 g/mol. The molecule has 23 heavy (non-hydrogen) atoms. The van der Waals surface area contributed by atoms with Gasteiger partial charge in [-0.2, -0.15) is 8.78 Å². The summed E-state index contributed by atoms with van der Waals surface area (Å²) in [5, 5.41) is 0. The normalized spacial score (nSPS) is 15.0. The van der Waals surface area contributed by atoms with Gasteiger partial charge in [-0.25, -0.2) is 22.8 Å². The van der Waals surface area contributed by atoms with Gasteiger partial charge < -0.3 is 9.47 Å². The first-order valence-electron chi connectivity index (χ1n) is 5.45. The third-order valence-electron chi connectivity index (χ3n) is 2.29. The number of thioether (sulfide) groups is 2. The zero-order valence-electron chi connectivity index (χ0n) is 11.3. The third-order valence-corrected chi connectivity index (χ3v) is 5.25. The van der Waals surface area contributed by atoms with E-state index in [2.05, 4.69) is 21.7 Å². The van der Waals surface area contributed by atoms with Crippen LogP contribution in [-0.4, -0.2) is 43.4 Å². The SMILES string of the molecule is COC(=O)C1=C(C(=O)OC)SC(=C(F)C(=S)C(F)(F)C(F)F)S1. The Bertz CT molecular complexity index is 585. The molecule has 0 amide bonds. The van der Waals surface area contributed by atoms with Crippen molar-refractivity contribution in [3.05, 3.63) is 19.9 Å². The first-order chi connectivity index (χ1) is 10.6. The second-order valence-electron chi connectivity index (χ2n) is 3.70. The molecule has 4 nitrogen and oxygen atoms in total. The lowest BCUT2D eigenvalue weighted by Gasteiger charge is -2.15. The molecule has 0 unspecified atom stereocenters. The van der Waals surface area contributed by atoms with E-state index in [0.29, 0.717) is 0 Å². The van der Waals surface area contributed by atoms with Gasteiger partial charge in [0.05, 0.1) is 18.5 Å². The van der Waals surface area contributed by atoms with Crippen LogP contribution in [-0.2, 0) is 19.1 Å². The number of alkyl halides is 4. The van der Waals surface area contributed by atoms with Gasteiger partial charge in [0, 0.05) is 0 Å². The van der Waals surface area contributed by atoms with E-state index in [-0.39, 0.29) is 23.5 Å². The van der Waals surface area contributed by atoms with Crippen molar-refractivity contribution in [2.75, 3.05) is 14.2 Å². The summed E-state index contributed by atoms with van der Waals surface area (Å²) in [7, 11) is 1.95. The summed E-state index contributed by atoms with van der Waals surface area (Å²) in [6.07, 6.45) is -4.20. The number of hydrogen-bond donors (Lipinski definition) is 0. The lowest BCUT2D eigenvalue weighted by Crippen LogP contribution is -2.35. The number of rotatable bonds is 5. The Morgan fingerprint density at radius 1 is 1.09 bits per heavy atom. The summed E-state index contributed by atoms with van der Waals surface area (Å²) >= 11 is 4.58. The van der Waals surface area contributed by atoms with Crippen LogP contribution in [0.3, 0.4) is 0 Å². The van der Waals surface area contributed by atoms with Gasteiger partial charge in [0.25, 0.3) is 0 Å². The van der Waals surface area contributed by atoms with Crippen LogP contribution >= 0.6 is 35.7 Å². The van der Waals surface area contributed by atoms with Crippen LogP contribution < -0.4 is 0 Å². The van der Waals surface area contributed by atoms with E-state index >= 15 is 0 Å². The average Bonchev–Trinajstić information content (AvgIpc) is 2.96. The number of methoxy groups -OCH3 is 2. The van der Waals surface area contributed by atoms with Crippen molar-refractivity contribution < 1.29 is 41.0 Å². The lowest BCUT2D eigenvalue weighted by molar-refractivity contribution is -0.138. The Morgan fingerprint density at radius 3 is 1.78 bits per heavy atom. The maximum Gasteiger partial charge on any atom is 0.346 e. The van der Waals surface area contributed by atoms with Crippen LogP contribution in [0.2, 0.25) is 0 Å². The molecule has 0 bridgehead atoms. The Kier molecular flexibility index (Phi) is 6.59. The third kappa shape index (κ3) is 4.04. The minimum atomic E-state index is -4.87. The Labute approximate surface area is 140 Å². The van der Waals surface area contributed by atoms with E-state index < -0.39 is 49.0 Å². The van der Waals surface area contributed by atoms with E-state index in [9.17, 15) is 31.5 Å². The van der Waals surface area contributed by atoms with Gasteiger partial charge in [-0.15, -0.1) is 0 Å². The smallest absolute Gasteiger partial charge is 0.346 e. The van der Waals surface area contributed by atoms with E-state index in [4.69, 9.17) is 0 Å². The minimum absolute atomic E-state index is 0.266. The number of carbonyl (C=O) groups is 2. The molecule has 0 atom stereocenters. The summed E-state index contributed by atoms with van der Waals surface area (Å²) < 4.78 is 72.7. The summed E-state index contributed by atoms with van der Waals surface area (Å²) in [6, 6.07) is 0. The first-order valence-corrected chi connectivity index (χ1v) is 7.49. The molecule has 1 heterocycles. The average molecular weight is 394 g/mol. The largest absolute Gasteiger partial charge is 0.465 e. The van der Waals surface area contributed by atoms with Crippen molar-refractivity contribution in [1.82, 2.24) is 0 Å². The zero-order valence-corrected chi connectivity index (χ0v) is 13.8. The van der Waals surface area contributed by atoms with Gasteiger partial charge in [-0.1, -0.05) is 35.7 Å². The minimum Gasteiger partial charge on any atom is -0.465 e. The molecule has 0 spiro atoms. The number of hydrogen-bond acceptors (Lipinski definition) is 7. The Hall–Kier alpha value is -1.14. The molecule has 0 saturated heterocycles. The lowest BCUT2D eigenvalue weighted by atomic mass is 10.2. The number of thiocarbonyl (C=S) groups is 1. The number of esters is 2. The summed E-state index contributed by atoms with van der Waals surface area (Å²) in [5.74, 6) is -8.78. The first kappa shape index (κ1) is 19.9. The molecule has 0 aromatic rings. The van der Waals surface area contributed by atoms with Crippen LogP contribution in [0.15, 0.2) is 19.9 Å². The standard InChI is InChI=1S/C11H7F5O4S3/c1-19-7(17)4-5(8(18)20-2)23-9(22-4)3(12)6(21)11(15,16)10(13)14/h10H,1-2H3. The molecule has 0 fully saturated rings. The second-order valence-corrected chi connectivity index (χ2v) is 6.41. The van der Waals surface area contributed by atoms with Crippen molar-refractivity contribution >= 4 is 52.5 Å². The van der Waals surface area contributed by atoms with E-state index in [1.54, 1.807) is 0 Å². The number of carbonyl (C=O) groups excluding carboxylic acids is 2. The molecule has 0 saturated carbocycles. The number of ether oxygens (including phenoxy) is 2. The predicted octanol–water partition coefficient (Wildman–Crippen LogP) is 3.43. The van der Waals surface area contributed by atoms with Gasteiger partial charge in [0.15, 0.2) is 5.83 Å². The molecule has 0 aromatic heterocycles. The van der Waals surface area contributed by atoms with Gasteiger partial charge in [0.1, 0.15) is 14.7 Å². The van der Waals surface area contributed by atoms with Gasteiger partial charge in [-0.05, 0) is 0 Å². The zero-order chi connectivity index (χ0) is 17.9. The fourth-order valence-electron chi connectivity index (χ4n) is 1.18. The van der Waals surface area contributed by atoms with Crippen molar-refractivity contribution in [1.29, 1.82) is 0 Å². The van der Waals surface area contributed by atoms with Gasteiger partial charge in [0.2, 0.25) is 0 Å². The van der Waals surface area contributed by atoms with Crippen molar-refractivity contribution in [3.8, 4) is 0 Å². The highest BCUT2D eigenvalue weighted by Gasteiger charge is 2.48. The fraction of sp³-hybridized carbons (Fsp3) is 0.364. The molecule has 0 aromatic carbocycles. The van der Waals surface area contributed by atoms with E-state index in [0.717, 1.165) is 14.2 Å². The topological polar surface area (TPSA) is 52.6 Å². The molecule has 1 rings (SSSR count). The molecule has 1 aliphatic heterocycles. The quantitative estimate of drug-likeness (QED) is 0.306. The predicted molar refractivity (Wildman–Crippen MR) is 77.9 cm³/mol. The van der Waals surface area contributed by atoms with E-state index in [1.165, 1.54) is 0 Å². The van der Waals surface area contributed by atoms with Crippen LogP contribution in [0.1, 0.15) is 0 Å². The van der Waals surface area contributed by atoms with Gasteiger partial charge >= 0.3 is 24.3 Å². The highest BCUT2D eigenvalue weighted by Crippen LogP contribution is 2.52. The molecule has 1 aliphatic rings. The molecular formula is C11H7F5O4S3. The van der Waals surface area contributed by atoms with Gasteiger partial charge in [-0.3, -0.25) is 0 Å². The molecule has 0 aliphatic carbocycles. The van der Waals surface area contributed by atoms with Crippen LogP contribution in [0.5, 0.6) is 0 Å². The molecule has 0 N–H and O–H groups in total. The van der Waals surface area contributed by atoms with Crippen LogP contribution in [0, 0.1) is 0 Å². The van der Waals surface area contributed by atoms with Crippen LogP contribution in [0.4, 0.5) is 22.0 Å².